The van der Waals surface area contributed by atoms with Gasteiger partial charge in [0.15, 0.2) is 5.78 Å². The first kappa shape index (κ1) is 20.0. The van der Waals surface area contributed by atoms with Crippen molar-refractivity contribution in [1.82, 2.24) is 19.6 Å². The molecule has 0 aromatic carbocycles. The summed E-state index contributed by atoms with van der Waals surface area (Å²) in [4.78, 5) is 45.9. The zero-order valence-electron chi connectivity index (χ0n) is 17.1. The molecule has 1 aliphatic carbocycles. The normalized spacial score (nSPS) is 12.9. The number of aromatic nitrogens is 2. The summed E-state index contributed by atoms with van der Waals surface area (Å²) in [6, 6.07) is 8.52. The molecule has 0 radical (unpaired) electrons. The van der Waals surface area contributed by atoms with Crippen molar-refractivity contribution >= 4 is 23.0 Å². The van der Waals surface area contributed by atoms with E-state index in [2.05, 4.69) is 29.0 Å². The van der Waals surface area contributed by atoms with Gasteiger partial charge in [-0.1, -0.05) is 19.9 Å². The number of rotatable bonds is 7. The van der Waals surface area contributed by atoms with Crippen LogP contribution in [0.2, 0.25) is 0 Å². The molecule has 0 bridgehead atoms. The SMILES string of the molecule is CCN(CC)CCCNC(=O)c1c2c(n3ccccc13)C(=O)c1ncccc1C2=O. The number of carbonyl (C=O) groups is 3. The molecule has 1 N–H and O–H groups in total. The summed E-state index contributed by atoms with van der Waals surface area (Å²) in [5, 5.41) is 2.93. The molecular weight excluding hydrogens is 380 g/mol. The monoisotopic (exact) mass is 404 g/mol. The summed E-state index contributed by atoms with van der Waals surface area (Å²) in [5.74, 6) is -1.03. The molecule has 0 saturated carbocycles. The molecule has 154 valence electrons. The van der Waals surface area contributed by atoms with E-state index in [0.717, 1.165) is 26.1 Å². The molecule has 0 fully saturated rings. The molecule has 0 unspecified atom stereocenters. The average Bonchev–Trinajstić information content (AvgIpc) is 3.13. The molecule has 1 amide bonds. The van der Waals surface area contributed by atoms with Crippen LogP contribution in [0.25, 0.3) is 5.52 Å². The molecule has 0 aliphatic heterocycles. The van der Waals surface area contributed by atoms with Gasteiger partial charge in [0.25, 0.3) is 5.91 Å². The number of fused-ring (bicyclic) bond motifs is 4. The molecule has 0 spiro atoms. The lowest BCUT2D eigenvalue weighted by atomic mass is 9.89. The minimum absolute atomic E-state index is 0.129. The zero-order chi connectivity index (χ0) is 21.3. The van der Waals surface area contributed by atoms with Gasteiger partial charge in [0.2, 0.25) is 5.78 Å². The van der Waals surface area contributed by atoms with Crippen molar-refractivity contribution in [3.8, 4) is 0 Å². The van der Waals surface area contributed by atoms with Crippen molar-refractivity contribution < 1.29 is 14.4 Å². The summed E-state index contributed by atoms with van der Waals surface area (Å²) in [7, 11) is 0. The van der Waals surface area contributed by atoms with E-state index in [9.17, 15) is 14.4 Å². The second-order valence-corrected chi connectivity index (χ2v) is 7.25. The third kappa shape index (κ3) is 3.21. The number of amides is 1. The fourth-order valence-corrected chi connectivity index (χ4v) is 4.03. The van der Waals surface area contributed by atoms with E-state index in [4.69, 9.17) is 0 Å². The minimum atomic E-state index is -0.345. The molecule has 7 heteroatoms. The first-order valence-electron chi connectivity index (χ1n) is 10.3. The maximum atomic E-state index is 13.3. The van der Waals surface area contributed by atoms with Crippen LogP contribution in [-0.2, 0) is 0 Å². The summed E-state index contributed by atoms with van der Waals surface area (Å²) < 4.78 is 1.62. The van der Waals surface area contributed by atoms with Crippen molar-refractivity contribution in [2.45, 2.75) is 20.3 Å². The Bertz CT molecular complexity index is 1140. The number of nitrogens with zero attached hydrogens (tertiary/aromatic N) is 3. The molecule has 3 aromatic heterocycles. The topological polar surface area (TPSA) is 83.8 Å². The van der Waals surface area contributed by atoms with Gasteiger partial charge < -0.3 is 14.6 Å². The zero-order valence-corrected chi connectivity index (χ0v) is 17.1. The predicted octanol–water partition coefficient (Wildman–Crippen LogP) is 2.57. The number of ketones is 2. The van der Waals surface area contributed by atoms with Crippen LogP contribution in [0.4, 0.5) is 0 Å². The number of hydrogen-bond acceptors (Lipinski definition) is 5. The molecule has 3 aromatic rings. The van der Waals surface area contributed by atoms with Crippen molar-refractivity contribution in [2.24, 2.45) is 0 Å². The Labute approximate surface area is 174 Å². The van der Waals surface area contributed by atoms with Gasteiger partial charge in [-0.2, -0.15) is 0 Å². The van der Waals surface area contributed by atoms with Gasteiger partial charge in [-0.05, 0) is 50.3 Å². The highest BCUT2D eigenvalue weighted by molar-refractivity contribution is 6.31. The van der Waals surface area contributed by atoms with Crippen molar-refractivity contribution in [2.75, 3.05) is 26.2 Å². The highest BCUT2D eigenvalue weighted by Crippen LogP contribution is 2.32. The van der Waals surface area contributed by atoms with Gasteiger partial charge in [0.1, 0.15) is 11.4 Å². The van der Waals surface area contributed by atoms with Crippen molar-refractivity contribution in [3.63, 3.8) is 0 Å². The maximum absolute atomic E-state index is 13.3. The number of pyridine rings is 2. The largest absolute Gasteiger partial charge is 0.352 e. The van der Waals surface area contributed by atoms with Gasteiger partial charge in [-0.15, -0.1) is 0 Å². The first-order chi connectivity index (χ1) is 14.6. The van der Waals surface area contributed by atoms with Gasteiger partial charge in [0.05, 0.1) is 22.2 Å². The number of nitrogens with one attached hydrogen (secondary N) is 1. The number of carbonyl (C=O) groups excluding carboxylic acids is 3. The Balaban J connectivity index is 1.71. The fourth-order valence-electron chi connectivity index (χ4n) is 4.03. The van der Waals surface area contributed by atoms with E-state index < -0.39 is 0 Å². The molecule has 3 heterocycles. The smallest absolute Gasteiger partial charge is 0.254 e. The Morgan fingerprint density at radius 1 is 1.10 bits per heavy atom. The van der Waals surface area contributed by atoms with Gasteiger partial charge in [0, 0.05) is 18.9 Å². The molecule has 0 saturated heterocycles. The van der Waals surface area contributed by atoms with Gasteiger partial charge >= 0.3 is 0 Å². The molecule has 4 rings (SSSR count). The summed E-state index contributed by atoms with van der Waals surface area (Å²) in [6.07, 6.45) is 4.00. The van der Waals surface area contributed by atoms with Crippen LogP contribution in [-0.4, -0.2) is 57.9 Å². The Morgan fingerprint density at radius 2 is 1.90 bits per heavy atom. The Hall–Kier alpha value is -3.32. The van der Waals surface area contributed by atoms with E-state index >= 15 is 0 Å². The summed E-state index contributed by atoms with van der Waals surface area (Å²) >= 11 is 0. The first-order valence-corrected chi connectivity index (χ1v) is 10.3. The summed E-state index contributed by atoms with van der Waals surface area (Å²) in [6.45, 7) is 7.53. The Kier molecular flexibility index (Phi) is 5.46. The van der Waals surface area contributed by atoms with Crippen LogP contribution in [0.5, 0.6) is 0 Å². The third-order valence-electron chi connectivity index (χ3n) is 5.61. The van der Waals surface area contributed by atoms with Crippen molar-refractivity contribution in [1.29, 1.82) is 0 Å². The van der Waals surface area contributed by atoms with E-state index in [1.54, 1.807) is 40.9 Å². The lowest BCUT2D eigenvalue weighted by Crippen LogP contribution is -2.31. The molecule has 0 atom stereocenters. The van der Waals surface area contributed by atoms with E-state index in [1.807, 2.05) is 0 Å². The third-order valence-corrected chi connectivity index (χ3v) is 5.61. The second-order valence-electron chi connectivity index (χ2n) is 7.25. The van der Waals surface area contributed by atoms with Gasteiger partial charge in [-0.25, -0.2) is 0 Å². The van der Waals surface area contributed by atoms with Crippen LogP contribution in [0, 0.1) is 0 Å². The minimum Gasteiger partial charge on any atom is -0.352 e. The quantitative estimate of drug-likeness (QED) is 0.479. The lowest BCUT2D eigenvalue weighted by Gasteiger charge is -2.18. The van der Waals surface area contributed by atoms with Crippen LogP contribution < -0.4 is 5.32 Å². The standard InChI is InChI=1S/C23H24N4O3/c1-3-26(4-2)13-8-12-25-23(30)17-16-10-5-6-14-27(16)20-18(17)21(28)15-9-7-11-24-19(15)22(20)29/h5-7,9-11,14H,3-4,8,12-13H2,1-2H3,(H,25,30). The Morgan fingerprint density at radius 3 is 2.67 bits per heavy atom. The van der Waals surface area contributed by atoms with E-state index in [1.165, 1.54) is 6.20 Å². The van der Waals surface area contributed by atoms with Gasteiger partial charge in [-0.3, -0.25) is 19.4 Å². The van der Waals surface area contributed by atoms with Crippen LogP contribution >= 0.6 is 0 Å². The molecule has 30 heavy (non-hydrogen) atoms. The average molecular weight is 404 g/mol. The second kappa shape index (κ2) is 8.20. The van der Waals surface area contributed by atoms with E-state index in [0.29, 0.717) is 12.1 Å². The molecule has 1 aliphatic rings. The van der Waals surface area contributed by atoms with E-state index in [-0.39, 0.29) is 45.6 Å². The fraction of sp³-hybridized carbons (Fsp3) is 0.304. The summed E-state index contributed by atoms with van der Waals surface area (Å²) in [5.41, 5.74) is 1.52. The lowest BCUT2D eigenvalue weighted by molar-refractivity contribution is 0.0938. The highest BCUT2D eigenvalue weighted by atomic mass is 16.2. The highest BCUT2D eigenvalue weighted by Gasteiger charge is 2.38. The van der Waals surface area contributed by atoms with Crippen LogP contribution in [0.15, 0.2) is 42.7 Å². The molecular formula is C23H24N4O3. The van der Waals surface area contributed by atoms with Crippen LogP contribution in [0.1, 0.15) is 62.7 Å². The van der Waals surface area contributed by atoms with Crippen LogP contribution in [0.3, 0.4) is 0 Å². The maximum Gasteiger partial charge on any atom is 0.254 e. The molecule has 7 nitrogen and oxygen atoms in total. The number of hydrogen-bond donors (Lipinski definition) is 1. The predicted molar refractivity (Wildman–Crippen MR) is 113 cm³/mol. The van der Waals surface area contributed by atoms with Crippen molar-refractivity contribution in [3.05, 3.63) is 70.8 Å².